The second kappa shape index (κ2) is 7.73. The van der Waals surface area contributed by atoms with Crippen LogP contribution in [0.3, 0.4) is 0 Å². The van der Waals surface area contributed by atoms with Crippen LogP contribution in [0.2, 0.25) is 0 Å². The molecule has 2 aliphatic rings. The summed E-state index contributed by atoms with van der Waals surface area (Å²) in [6, 6.07) is 16.8. The van der Waals surface area contributed by atoms with Crippen LogP contribution in [-0.2, 0) is 11.8 Å². The van der Waals surface area contributed by atoms with Crippen molar-refractivity contribution in [1.82, 2.24) is 9.55 Å². The Bertz CT molecular complexity index is 1140. The first-order valence-electron chi connectivity index (χ1n) is 11.1. The third-order valence-corrected chi connectivity index (χ3v) is 7.82. The molecule has 1 spiro atoms. The number of hydrogen-bond donors (Lipinski definition) is 0. The van der Waals surface area contributed by atoms with Crippen molar-refractivity contribution in [2.24, 2.45) is 0 Å². The molecular weight excluding hydrogens is 388 g/mol. The Morgan fingerprint density at radius 3 is 2.53 bits per heavy atom. The first-order chi connectivity index (χ1) is 14.6. The first kappa shape index (κ1) is 19.6. The molecule has 154 valence electrons. The highest BCUT2D eigenvalue weighted by Gasteiger charge is 2.44. The van der Waals surface area contributed by atoms with Crippen molar-refractivity contribution in [3.8, 4) is 16.9 Å². The Kier molecular flexibility index (Phi) is 5.06. The highest BCUT2D eigenvalue weighted by atomic mass is 32.2. The van der Waals surface area contributed by atoms with Crippen LogP contribution in [0.15, 0.2) is 58.5 Å². The van der Waals surface area contributed by atoms with Gasteiger partial charge in [-0.25, -0.2) is 4.98 Å². The average molecular weight is 417 g/mol. The molecule has 1 aromatic heterocycles. The number of nitrogens with zero attached hydrogens (tertiary/aromatic N) is 2. The fourth-order valence-corrected chi connectivity index (χ4v) is 6.08. The van der Waals surface area contributed by atoms with Crippen LogP contribution in [0.5, 0.6) is 0 Å². The van der Waals surface area contributed by atoms with Gasteiger partial charge in [0.2, 0.25) is 0 Å². The normalized spacial score (nSPS) is 16.5. The molecule has 3 nitrogen and oxygen atoms in total. The van der Waals surface area contributed by atoms with Gasteiger partial charge in [0.1, 0.15) is 0 Å². The van der Waals surface area contributed by atoms with E-state index < -0.39 is 0 Å². The molecule has 4 heteroatoms. The van der Waals surface area contributed by atoms with Gasteiger partial charge in [0.05, 0.1) is 16.9 Å². The molecule has 1 heterocycles. The van der Waals surface area contributed by atoms with Crippen molar-refractivity contribution in [2.75, 3.05) is 5.75 Å². The molecule has 2 aliphatic carbocycles. The van der Waals surface area contributed by atoms with Gasteiger partial charge in [-0.2, -0.15) is 0 Å². The summed E-state index contributed by atoms with van der Waals surface area (Å²) < 4.78 is 1.88. The molecule has 0 saturated heterocycles. The Balaban J connectivity index is 1.82. The summed E-state index contributed by atoms with van der Waals surface area (Å²) in [5, 5.41) is 0.814. The number of fused-ring (bicyclic) bond motifs is 4. The summed E-state index contributed by atoms with van der Waals surface area (Å²) in [5.74, 6) is 0.948. The Labute approximate surface area is 182 Å². The van der Waals surface area contributed by atoms with Crippen molar-refractivity contribution < 1.29 is 0 Å². The molecule has 0 unspecified atom stereocenters. The van der Waals surface area contributed by atoms with E-state index in [1.807, 2.05) is 4.57 Å². The quantitative estimate of drug-likeness (QED) is 0.382. The van der Waals surface area contributed by atoms with Crippen molar-refractivity contribution >= 4 is 11.8 Å². The molecule has 0 amide bonds. The van der Waals surface area contributed by atoms with Crippen LogP contribution < -0.4 is 5.56 Å². The predicted molar refractivity (Wildman–Crippen MR) is 125 cm³/mol. The molecule has 0 bridgehead atoms. The first-order valence-corrected chi connectivity index (χ1v) is 12.1. The zero-order chi connectivity index (χ0) is 20.7. The number of thioether (sulfide) groups is 1. The van der Waals surface area contributed by atoms with Crippen LogP contribution in [0.4, 0.5) is 0 Å². The van der Waals surface area contributed by atoms with Gasteiger partial charge in [-0.15, -0.1) is 0 Å². The Morgan fingerprint density at radius 2 is 1.80 bits per heavy atom. The second-order valence-corrected chi connectivity index (χ2v) is 9.83. The molecular formula is C26H28N2OS. The SMILES string of the molecule is CCCSc1nc2c(c(=O)n1-c1ccc(C)cc1)C1(CCCC1)Cc1ccccc1-2. The van der Waals surface area contributed by atoms with Crippen LogP contribution >= 0.6 is 11.8 Å². The van der Waals surface area contributed by atoms with Gasteiger partial charge in [-0.3, -0.25) is 9.36 Å². The van der Waals surface area contributed by atoms with E-state index in [0.717, 1.165) is 59.1 Å². The number of benzene rings is 2. The van der Waals surface area contributed by atoms with Gasteiger partial charge in [0.25, 0.3) is 5.56 Å². The number of aryl methyl sites for hydroxylation is 1. The molecule has 0 atom stereocenters. The summed E-state index contributed by atoms with van der Waals surface area (Å²) in [6.07, 6.45) is 6.56. The van der Waals surface area contributed by atoms with Gasteiger partial charge in [0.15, 0.2) is 5.16 Å². The van der Waals surface area contributed by atoms with Gasteiger partial charge < -0.3 is 0 Å². The Hall–Kier alpha value is -2.33. The van der Waals surface area contributed by atoms with E-state index >= 15 is 0 Å². The largest absolute Gasteiger partial charge is 0.268 e. The molecule has 0 N–H and O–H groups in total. The molecule has 1 saturated carbocycles. The van der Waals surface area contributed by atoms with E-state index in [4.69, 9.17) is 4.98 Å². The lowest BCUT2D eigenvalue weighted by Crippen LogP contribution is -2.40. The van der Waals surface area contributed by atoms with Gasteiger partial charge in [-0.1, -0.05) is 73.5 Å². The number of rotatable bonds is 4. The highest BCUT2D eigenvalue weighted by Crippen LogP contribution is 2.50. The lowest BCUT2D eigenvalue weighted by molar-refractivity contribution is 0.422. The van der Waals surface area contributed by atoms with E-state index in [2.05, 4.69) is 62.4 Å². The smallest absolute Gasteiger partial charge is 0.263 e. The monoisotopic (exact) mass is 416 g/mol. The van der Waals surface area contributed by atoms with Crippen LogP contribution in [0.1, 0.15) is 55.7 Å². The maximum Gasteiger partial charge on any atom is 0.263 e. The van der Waals surface area contributed by atoms with E-state index in [1.165, 1.54) is 24.0 Å². The molecule has 2 aromatic carbocycles. The minimum absolute atomic E-state index is 0.0613. The summed E-state index contributed by atoms with van der Waals surface area (Å²) in [6.45, 7) is 4.25. The van der Waals surface area contributed by atoms with Crippen LogP contribution in [-0.4, -0.2) is 15.3 Å². The summed E-state index contributed by atoms with van der Waals surface area (Å²) in [5.41, 5.74) is 6.58. The predicted octanol–water partition coefficient (Wildman–Crippen LogP) is 6.08. The summed E-state index contributed by atoms with van der Waals surface area (Å²) >= 11 is 1.69. The lowest BCUT2D eigenvalue weighted by Gasteiger charge is -2.36. The van der Waals surface area contributed by atoms with E-state index in [0.29, 0.717) is 0 Å². The van der Waals surface area contributed by atoms with Gasteiger partial charge in [-0.05, 0) is 50.3 Å². The van der Waals surface area contributed by atoms with Crippen LogP contribution in [0, 0.1) is 6.92 Å². The molecule has 30 heavy (non-hydrogen) atoms. The minimum atomic E-state index is -0.0613. The molecule has 0 aliphatic heterocycles. The van der Waals surface area contributed by atoms with Crippen molar-refractivity contribution in [2.45, 2.75) is 62.9 Å². The standard InChI is InChI=1S/C26H28N2OS/c1-3-16-30-25-27-23-21-9-5-4-8-19(21)17-26(14-6-7-15-26)22(23)24(29)28(25)20-12-10-18(2)11-13-20/h4-5,8-13H,3,6-7,14-17H2,1-2H3. The van der Waals surface area contributed by atoms with Gasteiger partial charge >= 0.3 is 0 Å². The fraction of sp³-hybridized carbons (Fsp3) is 0.385. The number of aromatic nitrogens is 2. The molecule has 0 radical (unpaired) electrons. The second-order valence-electron chi connectivity index (χ2n) is 8.76. The minimum Gasteiger partial charge on any atom is -0.268 e. The zero-order valence-electron chi connectivity index (χ0n) is 17.8. The van der Waals surface area contributed by atoms with Crippen molar-refractivity contribution in [3.63, 3.8) is 0 Å². The van der Waals surface area contributed by atoms with Crippen molar-refractivity contribution in [1.29, 1.82) is 0 Å². The highest BCUT2D eigenvalue weighted by molar-refractivity contribution is 7.99. The maximum absolute atomic E-state index is 14.2. The van der Waals surface area contributed by atoms with Gasteiger partial charge in [0, 0.05) is 16.7 Å². The molecule has 3 aromatic rings. The van der Waals surface area contributed by atoms with E-state index in [1.54, 1.807) is 11.8 Å². The summed E-state index contributed by atoms with van der Waals surface area (Å²) in [4.78, 5) is 19.4. The summed E-state index contributed by atoms with van der Waals surface area (Å²) in [7, 11) is 0. The zero-order valence-corrected chi connectivity index (χ0v) is 18.6. The van der Waals surface area contributed by atoms with E-state index in [9.17, 15) is 4.79 Å². The maximum atomic E-state index is 14.2. The Morgan fingerprint density at radius 1 is 1.07 bits per heavy atom. The van der Waals surface area contributed by atoms with E-state index in [-0.39, 0.29) is 11.0 Å². The third kappa shape index (κ3) is 3.13. The van der Waals surface area contributed by atoms with Crippen molar-refractivity contribution in [3.05, 3.63) is 75.6 Å². The molecule has 1 fully saturated rings. The molecule has 5 rings (SSSR count). The fourth-order valence-electron chi connectivity index (χ4n) is 5.22. The number of hydrogen-bond acceptors (Lipinski definition) is 3. The average Bonchev–Trinajstić information content (AvgIpc) is 3.21. The topological polar surface area (TPSA) is 34.9 Å². The van der Waals surface area contributed by atoms with Crippen LogP contribution in [0.25, 0.3) is 16.9 Å². The third-order valence-electron chi connectivity index (χ3n) is 6.67. The lowest BCUT2D eigenvalue weighted by atomic mass is 9.68.